The highest BCUT2D eigenvalue weighted by Gasteiger charge is 2.27. The minimum Gasteiger partial charge on any atom is -0.352 e. The fourth-order valence-corrected chi connectivity index (χ4v) is 2.42. The highest BCUT2D eigenvalue weighted by molar-refractivity contribution is 7.71. The number of hydrogen-bond donors (Lipinski definition) is 1. The molecule has 1 amide bonds. The summed E-state index contributed by atoms with van der Waals surface area (Å²) in [5.74, 6) is 0.155. The van der Waals surface area contributed by atoms with Crippen LogP contribution in [0.3, 0.4) is 0 Å². The van der Waals surface area contributed by atoms with Crippen LogP contribution in [0.1, 0.15) is 36.9 Å². The van der Waals surface area contributed by atoms with Gasteiger partial charge in [-0.25, -0.2) is 0 Å². The Kier molecular flexibility index (Phi) is 3.10. The van der Waals surface area contributed by atoms with Crippen LogP contribution in [0.25, 0.3) is 0 Å². The third-order valence-corrected chi connectivity index (χ3v) is 3.59. The Bertz CT molecular complexity index is 466. The quantitative estimate of drug-likeness (QED) is 0.761. The fourth-order valence-electron chi connectivity index (χ4n) is 2.30. The molecule has 2 rings (SSSR count). The first-order valence-electron chi connectivity index (χ1n) is 5.56. The largest absolute Gasteiger partial charge is 0.352 e. The van der Waals surface area contributed by atoms with Gasteiger partial charge in [-0.2, -0.15) is 0 Å². The van der Waals surface area contributed by atoms with Crippen molar-refractivity contribution in [3.63, 3.8) is 0 Å². The van der Waals surface area contributed by atoms with Gasteiger partial charge in [0.25, 0.3) is 0 Å². The minimum absolute atomic E-state index is 0.155. The van der Waals surface area contributed by atoms with Crippen molar-refractivity contribution >= 4 is 18.1 Å². The molecule has 0 radical (unpaired) electrons. The smallest absolute Gasteiger partial charge is 0.219 e. The molecule has 1 aromatic rings. The second-order valence-electron chi connectivity index (χ2n) is 4.32. The molecule has 1 aliphatic heterocycles. The first-order chi connectivity index (χ1) is 7.59. The summed E-state index contributed by atoms with van der Waals surface area (Å²) in [5, 5.41) is 0. The lowest BCUT2D eigenvalue weighted by atomic mass is 10.1. The average Bonchev–Trinajstić information content (AvgIpc) is 2.71. The second-order valence-corrected chi connectivity index (χ2v) is 4.72. The Hall–Kier alpha value is -1.16. The van der Waals surface area contributed by atoms with Crippen LogP contribution < -0.4 is 0 Å². The molecular formula is C12H16N2OS. The zero-order chi connectivity index (χ0) is 11.7. The number of hydrogen-bond acceptors (Lipinski definition) is 2. The number of aryl methyl sites for hydroxylation is 1. The molecule has 86 valence electrons. The Labute approximate surface area is 100 Å². The summed E-state index contributed by atoms with van der Waals surface area (Å²) < 4.78 is 0.774. The van der Waals surface area contributed by atoms with Crippen molar-refractivity contribution in [3.8, 4) is 0 Å². The van der Waals surface area contributed by atoms with Crippen LogP contribution in [0.5, 0.6) is 0 Å². The standard InChI is InChI=1S/C12H16N2OS/c1-8-6-10(7-13-12(8)16)11-4-3-5-14(11)9(2)15/h6-7,11H,3-5H2,1-2H3,(H,13,16)/t11-/m1/s1. The maximum Gasteiger partial charge on any atom is 0.219 e. The van der Waals surface area contributed by atoms with Gasteiger partial charge in [0.05, 0.1) is 6.04 Å². The predicted molar refractivity (Wildman–Crippen MR) is 65.7 cm³/mol. The molecule has 1 saturated heterocycles. The van der Waals surface area contributed by atoms with E-state index in [0.717, 1.165) is 29.6 Å². The maximum atomic E-state index is 11.5. The molecule has 1 atom stereocenters. The van der Waals surface area contributed by atoms with E-state index in [1.165, 1.54) is 5.56 Å². The van der Waals surface area contributed by atoms with Crippen molar-refractivity contribution in [1.29, 1.82) is 0 Å². The molecule has 1 fully saturated rings. The summed E-state index contributed by atoms with van der Waals surface area (Å²) in [6, 6.07) is 2.31. The molecule has 0 spiro atoms. The highest BCUT2D eigenvalue weighted by Crippen LogP contribution is 2.31. The number of nitrogens with zero attached hydrogens (tertiary/aromatic N) is 1. The second kappa shape index (κ2) is 4.37. The summed E-state index contributed by atoms with van der Waals surface area (Å²) >= 11 is 5.13. The van der Waals surface area contributed by atoms with Gasteiger partial charge in [-0.1, -0.05) is 12.2 Å². The topological polar surface area (TPSA) is 36.1 Å². The van der Waals surface area contributed by atoms with E-state index in [0.29, 0.717) is 0 Å². The lowest BCUT2D eigenvalue weighted by molar-refractivity contribution is -0.129. The number of H-pyrrole nitrogens is 1. The summed E-state index contributed by atoms with van der Waals surface area (Å²) in [6.45, 7) is 4.50. The van der Waals surface area contributed by atoms with Crippen molar-refractivity contribution in [2.75, 3.05) is 6.54 Å². The Balaban J connectivity index is 2.33. The van der Waals surface area contributed by atoms with Crippen LogP contribution in [0.2, 0.25) is 0 Å². The Morgan fingerprint density at radius 3 is 3.00 bits per heavy atom. The number of likely N-dealkylation sites (tertiary alicyclic amines) is 1. The van der Waals surface area contributed by atoms with Crippen LogP contribution >= 0.6 is 12.2 Å². The molecule has 0 saturated carbocycles. The van der Waals surface area contributed by atoms with E-state index in [4.69, 9.17) is 12.2 Å². The van der Waals surface area contributed by atoms with Gasteiger partial charge in [0.1, 0.15) is 4.64 Å². The van der Waals surface area contributed by atoms with Crippen LogP contribution in [0, 0.1) is 11.6 Å². The van der Waals surface area contributed by atoms with Gasteiger partial charge in [0.15, 0.2) is 0 Å². The Morgan fingerprint density at radius 1 is 1.62 bits per heavy atom. The molecule has 2 heterocycles. The zero-order valence-electron chi connectivity index (χ0n) is 9.62. The Morgan fingerprint density at radius 2 is 2.38 bits per heavy atom. The van der Waals surface area contributed by atoms with Crippen molar-refractivity contribution in [3.05, 3.63) is 28.0 Å². The molecule has 0 aromatic carbocycles. The van der Waals surface area contributed by atoms with Crippen LogP contribution in [-0.4, -0.2) is 22.3 Å². The van der Waals surface area contributed by atoms with Gasteiger partial charge in [-0.3, -0.25) is 4.79 Å². The zero-order valence-corrected chi connectivity index (χ0v) is 10.4. The van der Waals surface area contributed by atoms with Gasteiger partial charge in [-0.05, 0) is 37.0 Å². The van der Waals surface area contributed by atoms with Gasteiger partial charge < -0.3 is 9.88 Å². The van der Waals surface area contributed by atoms with Crippen LogP contribution in [0.4, 0.5) is 0 Å². The number of pyridine rings is 1. The van der Waals surface area contributed by atoms with Crippen molar-refractivity contribution < 1.29 is 4.79 Å². The van der Waals surface area contributed by atoms with Crippen LogP contribution in [-0.2, 0) is 4.79 Å². The normalized spacial score (nSPS) is 20.1. The summed E-state index contributed by atoms with van der Waals surface area (Å²) in [7, 11) is 0. The predicted octanol–water partition coefficient (Wildman–Crippen LogP) is 2.74. The van der Waals surface area contributed by atoms with Crippen LogP contribution in [0.15, 0.2) is 12.3 Å². The molecule has 0 bridgehead atoms. The number of carbonyl (C=O) groups excluding carboxylic acids is 1. The third kappa shape index (κ3) is 2.02. The van der Waals surface area contributed by atoms with E-state index < -0.39 is 0 Å². The van der Waals surface area contributed by atoms with Crippen molar-refractivity contribution in [1.82, 2.24) is 9.88 Å². The van der Waals surface area contributed by atoms with Crippen molar-refractivity contribution in [2.45, 2.75) is 32.7 Å². The lowest BCUT2D eigenvalue weighted by Gasteiger charge is -2.23. The SMILES string of the molecule is CC(=O)N1CCC[C@@H]1c1c[nH]c(=S)c(C)c1. The first-order valence-corrected chi connectivity index (χ1v) is 5.97. The van der Waals surface area contributed by atoms with E-state index in [1.54, 1.807) is 6.92 Å². The number of nitrogens with one attached hydrogen (secondary N) is 1. The number of amides is 1. The average molecular weight is 236 g/mol. The molecule has 16 heavy (non-hydrogen) atoms. The fraction of sp³-hybridized carbons (Fsp3) is 0.500. The molecule has 0 unspecified atom stereocenters. The number of aromatic amines is 1. The van der Waals surface area contributed by atoms with E-state index in [1.807, 2.05) is 18.0 Å². The molecule has 3 nitrogen and oxygen atoms in total. The van der Waals surface area contributed by atoms with Gasteiger partial charge in [0, 0.05) is 19.7 Å². The van der Waals surface area contributed by atoms with E-state index >= 15 is 0 Å². The molecule has 4 heteroatoms. The van der Waals surface area contributed by atoms with Gasteiger partial charge >= 0.3 is 0 Å². The van der Waals surface area contributed by atoms with E-state index in [-0.39, 0.29) is 11.9 Å². The highest BCUT2D eigenvalue weighted by atomic mass is 32.1. The lowest BCUT2D eigenvalue weighted by Crippen LogP contribution is -2.28. The number of aromatic nitrogens is 1. The van der Waals surface area contributed by atoms with E-state index in [2.05, 4.69) is 11.1 Å². The summed E-state index contributed by atoms with van der Waals surface area (Å²) in [6.07, 6.45) is 4.06. The molecule has 1 N–H and O–H groups in total. The minimum atomic E-state index is 0.155. The maximum absolute atomic E-state index is 11.5. The van der Waals surface area contributed by atoms with Gasteiger partial charge in [-0.15, -0.1) is 0 Å². The third-order valence-electron chi connectivity index (χ3n) is 3.15. The molecule has 1 aromatic heterocycles. The van der Waals surface area contributed by atoms with E-state index in [9.17, 15) is 4.79 Å². The first kappa shape index (κ1) is 11.3. The summed E-state index contributed by atoms with van der Waals surface area (Å²) in [4.78, 5) is 16.5. The van der Waals surface area contributed by atoms with Gasteiger partial charge in [0.2, 0.25) is 5.91 Å². The van der Waals surface area contributed by atoms with Crippen molar-refractivity contribution in [2.24, 2.45) is 0 Å². The summed E-state index contributed by atoms with van der Waals surface area (Å²) in [5.41, 5.74) is 2.24. The molecule has 0 aliphatic carbocycles. The molecular weight excluding hydrogens is 220 g/mol. The molecule has 1 aliphatic rings. The number of carbonyl (C=O) groups is 1. The number of rotatable bonds is 1. The monoisotopic (exact) mass is 236 g/mol.